The van der Waals surface area contributed by atoms with Crippen molar-refractivity contribution in [1.82, 2.24) is 20.2 Å². The van der Waals surface area contributed by atoms with Crippen LogP contribution in [0.25, 0.3) is 0 Å². The first kappa shape index (κ1) is 12.0. The summed E-state index contributed by atoms with van der Waals surface area (Å²) in [5, 5.41) is 7.96. The normalized spacial score (nSPS) is 10.8. The van der Waals surface area contributed by atoms with Gasteiger partial charge < -0.3 is 0 Å². The zero-order chi connectivity index (χ0) is 13.0. The molecule has 1 amide bonds. The van der Waals surface area contributed by atoms with E-state index in [1.165, 1.54) is 6.20 Å². The zero-order valence-electron chi connectivity index (χ0n) is 10.2. The van der Waals surface area contributed by atoms with E-state index in [0.717, 1.165) is 11.3 Å². The summed E-state index contributed by atoms with van der Waals surface area (Å²) >= 11 is 0. The second-order valence-corrected chi connectivity index (χ2v) is 3.75. The van der Waals surface area contributed by atoms with Gasteiger partial charge in [-0.1, -0.05) is 0 Å². The van der Waals surface area contributed by atoms with Crippen LogP contribution in [-0.2, 0) is 7.05 Å². The van der Waals surface area contributed by atoms with Gasteiger partial charge in [0.2, 0.25) is 0 Å². The van der Waals surface area contributed by atoms with Gasteiger partial charge in [-0.2, -0.15) is 10.2 Å². The van der Waals surface area contributed by atoms with Crippen molar-refractivity contribution >= 4 is 12.1 Å². The molecule has 1 N–H and O–H groups in total. The summed E-state index contributed by atoms with van der Waals surface area (Å²) in [4.78, 5) is 15.5. The van der Waals surface area contributed by atoms with Gasteiger partial charge in [0.15, 0.2) is 0 Å². The maximum absolute atomic E-state index is 11.6. The minimum absolute atomic E-state index is 0.291. The summed E-state index contributed by atoms with van der Waals surface area (Å²) < 4.78 is 1.74. The number of carbonyl (C=O) groups is 1. The lowest BCUT2D eigenvalue weighted by Crippen LogP contribution is -2.17. The number of aromatic nitrogens is 3. The van der Waals surface area contributed by atoms with E-state index in [-0.39, 0.29) is 5.91 Å². The van der Waals surface area contributed by atoms with Crippen molar-refractivity contribution in [1.29, 1.82) is 0 Å². The second-order valence-electron chi connectivity index (χ2n) is 3.75. The van der Waals surface area contributed by atoms with Crippen LogP contribution < -0.4 is 5.43 Å². The fourth-order valence-corrected chi connectivity index (χ4v) is 1.36. The third-order valence-electron chi connectivity index (χ3n) is 2.57. The van der Waals surface area contributed by atoms with Crippen LogP contribution in [0.3, 0.4) is 0 Å². The number of carbonyl (C=O) groups excluding carboxylic acids is 1. The molecule has 0 saturated heterocycles. The van der Waals surface area contributed by atoms with Gasteiger partial charge >= 0.3 is 0 Å². The van der Waals surface area contributed by atoms with Crippen molar-refractivity contribution in [2.24, 2.45) is 12.1 Å². The molecule has 0 aromatic carbocycles. The highest BCUT2D eigenvalue weighted by Crippen LogP contribution is 2.01. The average Bonchev–Trinajstić information content (AvgIpc) is 2.71. The van der Waals surface area contributed by atoms with E-state index in [0.29, 0.717) is 5.56 Å². The van der Waals surface area contributed by atoms with Crippen molar-refractivity contribution in [3.05, 3.63) is 47.5 Å². The Morgan fingerprint density at radius 1 is 1.50 bits per heavy atom. The van der Waals surface area contributed by atoms with Gasteiger partial charge in [-0.3, -0.25) is 14.5 Å². The molecule has 0 bridgehead atoms. The Labute approximate surface area is 104 Å². The van der Waals surface area contributed by atoms with Crippen molar-refractivity contribution in [2.75, 3.05) is 0 Å². The molecule has 0 spiro atoms. The topological polar surface area (TPSA) is 72.2 Å². The lowest BCUT2D eigenvalue weighted by molar-refractivity contribution is 0.0955. The fourth-order valence-electron chi connectivity index (χ4n) is 1.36. The molecule has 6 nitrogen and oxygen atoms in total. The van der Waals surface area contributed by atoms with Gasteiger partial charge in [0.1, 0.15) is 0 Å². The molecule has 0 aliphatic rings. The van der Waals surface area contributed by atoms with E-state index >= 15 is 0 Å². The molecule has 2 aromatic rings. The van der Waals surface area contributed by atoms with Crippen molar-refractivity contribution in [2.45, 2.75) is 6.92 Å². The lowest BCUT2D eigenvalue weighted by Gasteiger charge is -1.98. The van der Waals surface area contributed by atoms with Crippen molar-refractivity contribution in [3.8, 4) is 0 Å². The van der Waals surface area contributed by atoms with E-state index in [2.05, 4.69) is 20.6 Å². The van der Waals surface area contributed by atoms with Gasteiger partial charge in [-0.15, -0.1) is 0 Å². The number of amides is 1. The quantitative estimate of drug-likeness (QED) is 0.642. The predicted molar refractivity (Wildman–Crippen MR) is 67.2 cm³/mol. The van der Waals surface area contributed by atoms with Crippen LogP contribution in [0, 0.1) is 6.92 Å². The molecule has 0 atom stereocenters. The minimum atomic E-state index is -0.291. The maximum Gasteiger partial charge on any atom is 0.272 e. The molecule has 2 heterocycles. The summed E-state index contributed by atoms with van der Waals surface area (Å²) in [5.74, 6) is -0.291. The second kappa shape index (κ2) is 5.22. The molecule has 0 saturated carbocycles. The third kappa shape index (κ3) is 2.60. The number of pyridine rings is 1. The largest absolute Gasteiger partial charge is 0.272 e. The Kier molecular flexibility index (Phi) is 3.47. The highest BCUT2D eigenvalue weighted by atomic mass is 16.2. The first-order chi connectivity index (χ1) is 8.68. The summed E-state index contributed by atoms with van der Waals surface area (Å²) in [7, 11) is 1.85. The first-order valence-corrected chi connectivity index (χ1v) is 5.40. The number of hydrogen-bond donors (Lipinski definition) is 1. The molecule has 2 aromatic heterocycles. The SMILES string of the molecule is Cc1c(/C=N/NC(=O)c2cccnc2)cnn1C. The van der Waals surface area contributed by atoms with Crippen LogP contribution in [0.5, 0.6) is 0 Å². The number of rotatable bonds is 3. The Morgan fingerprint density at radius 2 is 2.33 bits per heavy atom. The standard InChI is InChI=1S/C12H13N5O/c1-9-11(8-15-17(9)2)7-14-16-12(18)10-4-3-5-13-6-10/h3-8H,1-2H3,(H,16,18)/b14-7+. The monoisotopic (exact) mass is 243 g/mol. The third-order valence-corrected chi connectivity index (χ3v) is 2.57. The first-order valence-electron chi connectivity index (χ1n) is 5.40. The Bertz CT molecular complexity index is 573. The highest BCUT2D eigenvalue weighted by molar-refractivity contribution is 5.94. The van der Waals surface area contributed by atoms with Crippen molar-refractivity contribution in [3.63, 3.8) is 0 Å². The Balaban J connectivity index is 2.00. The molecule has 0 aliphatic heterocycles. The molecule has 0 aliphatic carbocycles. The van der Waals surface area contributed by atoms with Crippen LogP contribution in [0.1, 0.15) is 21.6 Å². The highest BCUT2D eigenvalue weighted by Gasteiger charge is 2.03. The smallest absolute Gasteiger partial charge is 0.272 e. The average molecular weight is 243 g/mol. The van der Waals surface area contributed by atoms with Crippen LogP contribution >= 0.6 is 0 Å². The molecule has 0 radical (unpaired) electrons. The fraction of sp³-hybridized carbons (Fsp3) is 0.167. The number of nitrogens with zero attached hydrogens (tertiary/aromatic N) is 4. The van der Waals surface area contributed by atoms with Gasteiger partial charge in [-0.05, 0) is 19.1 Å². The number of aryl methyl sites for hydroxylation is 1. The zero-order valence-corrected chi connectivity index (χ0v) is 10.2. The molecule has 0 unspecified atom stereocenters. The molecule has 92 valence electrons. The van der Waals surface area contributed by atoms with Crippen LogP contribution in [0.4, 0.5) is 0 Å². The summed E-state index contributed by atoms with van der Waals surface area (Å²) in [6.07, 6.45) is 6.35. The predicted octanol–water partition coefficient (Wildman–Crippen LogP) is 0.887. The molecular formula is C12H13N5O. The number of hydrazone groups is 1. The van der Waals surface area contributed by atoms with Crippen LogP contribution in [0.15, 0.2) is 35.8 Å². The van der Waals surface area contributed by atoms with Crippen molar-refractivity contribution < 1.29 is 4.79 Å². The molecule has 6 heteroatoms. The summed E-state index contributed by atoms with van der Waals surface area (Å²) in [5.41, 5.74) is 4.75. The van der Waals surface area contributed by atoms with Crippen LogP contribution in [0.2, 0.25) is 0 Å². The summed E-state index contributed by atoms with van der Waals surface area (Å²) in [6, 6.07) is 3.37. The summed E-state index contributed by atoms with van der Waals surface area (Å²) in [6.45, 7) is 1.93. The van der Waals surface area contributed by atoms with E-state index in [1.54, 1.807) is 35.4 Å². The number of nitrogens with one attached hydrogen (secondary N) is 1. The van der Waals surface area contributed by atoms with E-state index in [1.807, 2.05) is 14.0 Å². The van der Waals surface area contributed by atoms with E-state index in [9.17, 15) is 4.79 Å². The van der Waals surface area contributed by atoms with E-state index in [4.69, 9.17) is 0 Å². The van der Waals surface area contributed by atoms with E-state index < -0.39 is 0 Å². The maximum atomic E-state index is 11.6. The molecule has 0 fully saturated rings. The number of hydrogen-bond acceptors (Lipinski definition) is 4. The molecule has 18 heavy (non-hydrogen) atoms. The Morgan fingerprint density at radius 3 is 2.94 bits per heavy atom. The van der Waals surface area contributed by atoms with Gasteiger partial charge in [0.05, 0.1) is 18.0 Å². The Hall–Kier alpha value is -2.50. The van der Waals surface area contributed by atoms with Gasteiger partial charge in [0, 0.05) is 30.7 Å². The minimum Gasteiger partial charge on any atom is -0.272 e. The van der Waals surface area contributed by atoms with Gasteiger partial charge in [-0.25, -0.2) is 5.43 Å². The van der Waals surface area contributed by atoms with Gasteiger partial charge in [0.25, 0.3) is 5.91 Å². The molecule has 2 rings (SSSR count). The lowest BCUT2D eigenvalue weighted by atomic mass is 10.3. The van der Waals surface area contributed by atoms with Crippen LogP contribution in [-0.4, -0.2) is 26.9 Å². The molecular weight excluding hydrogens is 230 g/mol.